The standard InChI is InChI=1S/C11H18N2OS/c1-7(6-12-10-4-5-10)15-11-13-8(2)9(3)14-11/h7,10,12H,4-6H2,1-3H3. The highest BCUT2D eigenvalue weighted by molar-refractivity contribution is 7.99. The molecule has 0 spiro atoms. The zero-order valence-electron chi connectivity index (χ0n) is 9.54. The van der Waals surface area contributed by atoms with Gasteiger partial charge in [-0.25, -0.2) is 4.98 Å². The van der Waals surface area contributed by atoms with E-state index >= 15 is 0 Å². The molecule has 84 valence electrons. The Bertz CT molecular complexity index is 314. The lowest BCUT2D eigenvalue weighted by Gasteiger charge is -2.08. The van der Waals surface area contributed by atoms with E-state index in [2.05, 4.69) is 17.2 Å². The first-order valence-corrected chi connectivity index (χ1v) is 6.37. The topological polar surface area (TPSA) is 38.1 Å². The zero-order valence-corrected chi connectivity index (χ0v) is 10.4. The van der Waals surface area contributed by atoms with Crippen molar-refractivity contribution in [3.05, 3.63) is 11.5 Å². The van der Waals surface area contributed by atoms with Gasteiger partial charge in [0.2, 0.25) is 0 Å². The number of aryl methyl sites for hydroxylation is 2. The van der Waals surface area contributed by atoms with Crippen molar-refractivity contribution in [1.82, 2.24) is 10.3 Å². The van der Waals surface area contributed by atoms with Gasteiger partial charge in [0, 0.05) is 17.8 Å². The molecule has 4 heteroatoms. The smallest absolute Gasteiger partial charge is 0.256 e. The third kappa shape index (κ3) is 3.24. The first-order chi connectivity index (χ1) is 7.15. The fraction of sp³-hybridized carbons (Fsp3) is 0.727. The van der Waals surface area contributed by atoms with E-state index in [0.29, 0.717) is 5.25 Å². The molecular formula is C11H18N2OS. The number of nitrogens with one attached hydrogen (secondary N) is 1. The van der Waals surface area contributed by atoms with Crippen LogP contribution in [0.15, 0.2) is 9.64 Å². The molecule has 0 aliphatic heterocycles. The fourth-order valence-electron chi connectivity index (χ4n) is 1.33. The van der Waals surface area contributed by atoms with E-state index in [9.17, 15) is 0 Å². The second-order valence-corrected chi connectivity index (χ2v) is 5.62. The second-order valence-electron chi connectivity index (χ2n) is 4.23. The molecule has 1 aliphatic rings. The maximum atomic E-state index is 5.53. The first kappa shape index (κ1) is 11.0. The molecule has 0 saturated heterocycles. The molecule has 0 bridgehead atoms. The number of rotatable bonds is 5. The number of oxazole rings is 1. The molecule has 15 heavy (non-hydrogen) atoms. The van der Waals surface area contributed by atoms with Gasteiger partial charge in [0.1, 0.15) is 5.76 Å². The summed E-state index contributed by atoms with van der Waals surface area (Å²) < 4.78 is 5.53. The van der Waals surface area contributed by atoms with Crippen LogP contribution in [-0.4, -0.2) is 22.8 Å². The average Bonchev–Trinajstić information content (AvgIpc) is 2.93. The molecule has 0 radical (unpaired) electrons. The summed E-state index contributed by atoms with van der Waals surface area (Å²) in [6, 6.07) is 0.779. The van der Waals surface area contributed by atoms with Gasteiger partial charge >= 0.3 is 0 Å². The largest absolute Gasteiger partial charge is 0.437 e. The summed E-state index contributed by atoms with van der Waals surface area (Å²) in [6.45, 7) is 7.18. The second kappa shape index (κ2) is 4.58. The SMILES string of the molecule is Cc1nc(SC(C)CNC2CC2)oc1C. The van der Waals surface area contributed by atoms with Crippen molar-refractivity contribution in [3.63, 3.8) is 0 Å². The molecule has 2 rings (SSSR count). The van der Waals surface area contributed by atoms with E-state index in [4.69, 9.17) is 4.42 Å². The van der Waals surface area contributed by atoms with E-state index in [-0.39, 0.29) is 0 Å². The summed E-state index contributed by atoms with van der Waals surface area (Å²) in [5.41, 5.74) is 1.000. The molecule has 3 nitrogen and oxygen atoms in total. The Morgan fingerprint density at radius 1 is 1.53 bits per heavy atom. The predicted molar refractivity (Wildman–Crippen MR) is 62.3 cm³/mol. The Hall–Kier alpha value is -0.480. The van der Waals surface area contributed by atoms with Crippen molar-refractivity contribution in [2.45, 2.75) is 50.1 Å². The van der Waals surface area contributed by atoms with Gasteiger partial charge in [-0.3, -0.25) is 0 Å². The maximum Gasteiger partial charge on any atom is 0.256 e. The molecular weight excluding hydrogens is 208 g/mol. The van der Waals surface area contributed by atoms with Gasteiger partial charge in [0.05, 0.1) is 5.69 Å². The molecule has 1 aromatic heterocycles. The Morgan fingerprint density at radius 2 is 2.27 bits per heavy atom. The summed E-state index contributed by atoms with van der Waals surface area (Å²) >= 11 is 1.71. The van der Waals surface area contributed by atoms with Crippen molar-refractivity contribution in [2.24, 2.45) is 0 Å². The number of nitrogens with zero attached hydrogens (tertiary/aromatic N) is 1. The molecule has 1 fully saturated rings. The summed E-state index contributed by atoms with van der Waals surface area (Å²) in [5.74, 6) is 0.930. The van der Waals surface area contributed by atoms with Crippen LogP contribution in [0.4, 0.5) is 0 Å². The monoisotopic (exact) mass is 226 g/mol. The van der Waals surface area contributed by atoms with E-state index in [1.54, 1.807) is 11.8 Å². The Kier molecular flexibility index (Phi) is 3.36. The van der Waals surface area contributed by atoms with Crippen molar-refractivity contribution in [1.29, 1.82) is 0 Å². The van der Waals surface area contributed by atoms with Crippen LogP contribution < -0.4 is 5.32 Å². The average molecular weight is 226 g/mol. The van der Waals surface area contributed by atoms with Gasteiger partial charge < -0.3 is 9.73 Å². The highest BCUT2D eigenvalue weighted by Gasteiger charge is 2.21. The first-order valence-electron chi connectivity index (χ1n) is 5.49. The van der Waals surface area contributed by atoms with Crippen LogP contribution in [0.25, 0.3) is 0 Å². The van der Waals surface area contributed by atoms with Gasteiger partial charge in [-0.2, -0.15) is 0 Å². The number of aromatic nitrogens is 1. The van der Waals surface area contributed by atoms with Crippen molar-refractivity contribution < 1.29 is 4.42 Å². The van der Waals surface area contributed by atoms with Gasteiger partial charge in [-0.05, 0) is 26.7 Å². The molecule has 1 N–H and O–H groups in total. The zero-order chi connectivity index (χ0) is 10.8. The summed E-state index contributed by atoms with van der Waals surface area (Å²) in [5, 5.41) is 4.83. The van der Waals surface area contributed by atoms with Crippen LogP contribution in [0.2, 0.25) is 0 Å². The molecule has 1 aromatic rings. The summed E-state index contributed by atoms with van der Waals surface area (Å²) in [4.78, 5) is 4.36. The fourth-order valence-corrected chi connectivity index (χ4v) is 2.21. The molecule has 1 unspecified atom stereocenters. The van der Waals surface area contributed by atoms with Crippen LogP contribution in [-0.2, 0) is 0 Å². The third-order valence-electron chi connectivity index (χ3n) is 2.58. The van der Waals surface area contributed by atoms with Gasteiger partial charge in [0.15, 0.2) is 0 Å². The van der Waals surface area contributed by atoms with Crippen LogP contribution in [0.5, 0.6) is 0 Å². The van der Waals surface area contributed by atoms with E-state index in [1.165, 1.54) is 12.8 Å². The molecule has 1 heterocycles. The van der Waals surface area contributed by atoms with Crippen molar-refractivity contribution in [3.8, 4) is 0 Å². The Labute approximate surface area is 95.0 Å². The number of thioether (sulfide) groups is 1. The summed E-state index contributed by atoms with van der Waals surface area (Å²) in [7, 11) is 0. The Balaban J connectivity index is 1.78. The lowest BCUT2D eigenvalue weighted by molar-refractivity contribution is 0.430. The molecule has 0 amide bonds. The highest BCUT2D eigenvalue weighted by atomic mass is 32.2. The van der Waals surface area contributed by atoms with Crippen LogP contribution in [0, 0.1) is 13.8 Å². The highest BCUT2D eigenvalue weighted by Crippen LogP contribution is 2.25. The molecule has 1 atom stereocenters. The maximum absolute atomic E-state index is 5.53. The van der Waals surface area contributed by atoms with Crippen LogP contribution >= 0.6 is 11.8 Å². The molecule has 0 aromatic carbocycles. The molecule has 1 saturated carbocycles. The summed E-state index contributed by atoms with van der Waals surface area (Å²) in [6.07, 6.45) is 2.68. The quantitative estimate of drug-likeness (QED) is 0.783. The van der Waals surface area contributed by atoms with Gasteiger partial charge in [-0.1, -0.05) is 18.7 Å². The van der Waals surface area contributed by atoms with E-state index in [1.807, 2.05) is 13.8 Å². The molecule has 1 aliphatic carbocycles. The minimum Gasteiger partial charge on any atom is -0.437 e. The van der Waals surface area contributed by atoms with Gasteiger partial charge in [0.25, 0.3) is 5.22 Å². The number of hydrogen-bond acceptors (Lipinski definition) is 4. The third-order valence-corrected chi connectivity index (χ3v) is 3.53. The number of hydrogen-bond donors (Lipinski definition) is 1. The van der Waals surface area contributed by atoms with Crippen LogP contribution in [0.1, 0.15) is 31.2 Å². The normalized spacial score (nSPS) is 18.1. The van der Waals surface area contributed by atoms with Crippen LogP contribution in [0.3, 0.4) is 0 Å². The predicted octanol–water partition coefficient (Wildman–Crippen LogP) is 2.52. The van der Waals surface area contributed by atoms with Crippen molar-refractivity contribution >= 4 is 11.8 Å². The lowest BCUT2D eigenvalue weighted by Crippen LogP contribution is -2.24. The van der Waals surface area contributed by atoms with E-state index in [0.717, 1.165) is 29.3 Å². The van der Waals surface area contributed by atoms with Crippen molar-refractivity contribution in [2.75, 3.05) is 6.54 Å². The Morgan fingerprint density at radius 3 is 2.80 bits per heavy atom. The lowest BCUT2D eigenvalue weighted by atomic mass is 10.4. The van der Waals surface area contributed by atoms with Gasteiger partial charge in [-0.15, -0.1) is 0 Å². The van der Waals surface area contributed by atoms with E-state index < -0.39 is 0 Å². The minimum absolute atomic E-state index is 0.517. The minimum atomic E-state index is 0.517.